The smallest absolute Gasteiger partial charge is 0.462 e. The van der Waals surface area contributed by atoms with Gasteiger partial charge in [0.1, 0.15) is 19.3 Å². The fourth-order valence-electron chi connectivity index (χ4n) is 12.3. The maximum absolute atomic E-state index is 13.1. The van der Waals surface area contributed by atoms with Crippen LogP contribution in [0.2, 0.25) is 0 Å². The second kappa shape index (κ2) is 71.7. The van der Waals surface area contributed by atoms with E-state index < -0.39 is 97.5 Å². The lowest BCUT2D eigenvalue weighted by Crippen LogP contribution is -2.30. The molecule has 0 aromatic carbocycles. The average Bonchev–Trinajstić information content (AvgIpc) is 1.03. The van der Waals surface area contributed by atoms with Gasteiger partial charge in [0.05, 0.1) is 26.4 Å². The Morgan fingerprint density at radius 2 is 0.515 bits per heavy atom. The molecule has 0 aliphatic heterocycles. The summed E-state index contributed by atoms with van der Waals surface area (Å²) in [7, 11) is -9.91. The highest BCUT2D eigenvalue weighted by Crippen LogP contribution is 2.45. The largest absolute Gasteiger partial charge is 0.472 e. The molecule has 0 fully saturated rings. The number of aliphatic hydroxyl groups is 1. The molecule has 0 aromatic heterocycles. The highest BCUT2D eigenvalue weighted by molar-refractivity contribution is 7.47. The van der Waals surface area contributed by atoms with Gasteiger partial charge in [0, 0.05) is 25.7 Å². The lowest BCUT2D eigenvalue weighted by molar-refractivity contribution is -0.161. The molecule has 17 nitrogen and oxygen atoms in total. The number of rotatable bonds is 79. The second-order valence-electron chi connectivity index (χ2n) is 29.5. The highest BCUT2D eigenvalue weighted by atomic mass is 31.2. The van der Waals surface area contributed by atoms with Crippen molar-refractivity contribution < 1.29 is 80.2 Å². The van der Waals surface area contributed by atoms with Crippen LogP contribution in [0.15, 0.2) is 0 Å². The number of hydrogen-bond acceptors (Lipinski definition) is 15. The first-order valence-electron chi connectivity index (χ1n) is 41.5. The lowest BCUT2D eigenvalue weighted by Gasteiger charge is -2.21. The van der Waals surface area contributed by atoms with Crippen LogP contribution in [0.25, 0.3) is 0 Å². The molecule has 0 saturated heterocycles. The molecule has 3 unspecified atom stereocenters. The fourth-order valence-corrected chi connectivity index (χ4v) is 13.9. The lowest BCUT2D eigenvalue weighted by atomic mass is 9.99. The van der Waals surface area contributed by atoms with E-state index in [2.05, 4.69) is 41.5 Å². The van der Waals surface area contributed by atoms with Crippen LogP contribution in [-0.2, 0) is 65.4 Å². The van der Waals surface area contributed by atoms with Crippen molar-refractivity contribution in [1.29, 1.82) is 0 Å². The van der Waals surface area contributed by atoms with E-state index in [0.717, 1.165) is 108 Å². The standard InChI is InChI=1S/C80H156O17P2/c1-7-10-12-14-16-18-19-20-21-22-23-24-25-26-29-33-36-39-46-52-58-64-79(84)96-76(69-91-78(83)63-57-51-45-38-35-32-30-27-28-31-34-37-42-48-54-60-72(4)5)71-95-99(88,89)93-67-74(81)66-92-98(86,87)94-70-75(68-90-77(82)62-56-50-44-17-15-13-11-8-2)97-80(85)65-59-53-47-41-40-43-49-55-61-73(6)9-3/h72-76,81H,7-71H2,1-6H3,(H,86,87)(H,88,89)/t73?,74-,75+,76+/m0/s1. The molecule has 19 heteroatoms. The zero-order chi connectivity index (χ0) is 72.8. The van der Waals surface area contributed by atoms with Crippen molar-refractivity contribution in [2.24, 2.45) is 11.8 Å². The van der Waals surface area contributed by atoms with E-state index in [9.17, 15) is 43.2 Å². The van der Waals surface area contributed by atoms with Gasteiger partial charge in [-0.3, -0.25) is 37.3 Å². The molecule has 0 aliphatic rings. The zero-order valence-corrected chi connectivity index (χ0v) is 66.6. The number of unbranched alkanes of at least 4 members (excludes halogenated alkanes) is 48. The van der Waals surface area contributed by atoms with Crippen molar-refractivity contribution in [2.45, 2.75) is 439 Å². The molecule has 0 spiro atoms. The quantitative estimate of drug-likeness (QED) is 0.0222. The molecular weight excluding hydrogens is 1290 g/mol. The van der Waals surface area contributed by atoms with Crippen molar-refractivity contribution in [3.8, 4) is 0 Å². The van der Waals surface area contributed by atoms with Crippen molar-refractivity contribution in [3.05, 3.63) is 0 Å². The predicted molar refractivity (Wildman–Crippen MR) is 405 cm³/mol. The summed E-state index contributed by atoms with van der Waals surface area (Å²) in [5, 5.41) is 10.6. The second-order valence-corrected chi connectivity index (χ2v) is 32.4. The van der Waals surface area contributed by atoms with Gasteiger partial charge in [-0.25, -0.2) is 9.13 Å². The van der Waals surface area contributed by atoms with Crippen LogP contribution in [0.4, 0.5) is 0 Å². The molecule has 0 heterocycles. The first-order valence-corrected chi connectivity index (χ1v) is 44.5. The maximum atomic E-state index is 13.1. The molecule has 588 valence electrons. The van der Waals surface area contributed by atoms with Gasteiger partial charge in [-0.05, 0) is 37.5 Å². The van der Waals surface area contributed by atoms with Gasteiger partial charge in [0.25, 0.3) is 0 Å². The summed E-state index contributed by atoms with van der Waals surface area (Å²) in [5.74, 6) is -0.539. The zero-order valence-electron chi connectivity index (χ0n) is 64.8. The van der Waals surface area contributed by atoms with Crippen molar-refractivity contribution in [1.82, 2.24) is 0 Å². The van der Waals surface area contributed by atoms with E-state index in [1.807, 2.05) is 0 Å². The fraction of sp³-hybridized carbons (Fsp3) is 0.950. The Hall–Kier alpha value is -1.94. The van der Waals surface area contributed by atoms with Crippen LogP contribution >= 0.6 is 15.6 Å². The van der Waals surface area contributed by atoms with E-state index in [0.29, 0.717) is 25.7 Å². The highest BCUT2D eigenvalue weighted by Gasteiger charge is 2.30. The molecule has 3 N–H and O–H groups in total. The molecule has 0 rings (SSSR count). The van der Waals surface area contributed by atoms with E-state index >= 15 is 0 Å². The molecule has 99 heavy (non-hydrogen) atoms. The van der Waals surface area contributed by atoms with E-state index in [4.69, 9.17) is 37.0 Å². The molecule has 0 radical (unpaired) electrons. The summed E-state index contributed by atoms with van der Waals surface area (Å²) in [6, 6.07) is 0. The third-order valence-electron chi connectivity index (χ3n) is 19.1. The number of aliphatic hydroxyl groups excluding tert-OH is 1. The number of phosphoric ester groups is 2. The van der Waals surface area contributed by atoms with Gasteiger partial charge in [0.2, 0.25) is 0 Å². The molecule has 0 aliphatic carbocycles. The van der Waals surface area contributed by atoms with Gasteiger partial charge in [0.15, 0.2) is 12.2 Å². The minimum Gasteiger partial charge on any atom is -0.462 e. The SMILES string of the molecule is CCCCCCCCCCCCCCCCCCCCCCCC(=O)O[C@H](COC(=O)CCCCCCCCCCCCCCCCCC(C)C)COP(=O)(O)OC[C@@H](O)COP(=O)(O)OC[C@@H](COC(=O)CCCCCCCCCC)OC(=O)CCCCCCCCCCC(C)CC. The number of carbonyl (C=O) groups excluding carboxylic acids is 4. The minimum absolute atomic E-state index is 0.105. The molecule has 0 aromatic rings. The van der Waals surface area contributed by atoms with Crippen LogP contribution in [0.5, 0.6) is 0 Å². The van der Waals surface area contributed by atoms with Gasteiger partial charge >= 0.3 is 39.5 Å². The Labute approximate surface area is 607 Å². The molecule has 0 saturated carbocycles. The Morgan fingerprint density at radius 3 is 0.768 bits per heavy atom. The van der Waals surface area contributed by atoms with E-state index in [-0.39, 0.29) is 25.7 Å². The normalized spacial score (nSPS) is 14.2. The summed E-state index contributed by atoms with van der Waals surface area (Å²) in [5.41, 5.74) is 0. The Kier molecular flexibility index (Phi) is 70.3. The third kappa shape index (κ3) is 72.8. The summed E-state index contributed by atoms with van der Waals surface area (Å²) < 4.78 is 68.6. The molecule has 0 bridgehead atoms. The number of hydrogen-bond donors (Lipinski definition) is 3. The van der Waals surface area contributed by atoms with Crippen molar-refractivity contribution in [3.63, 3.8) is 0 Å². The third-order valence-corrected chi connectivity index (χ3v) is 21.0. The number of carbonyl (C=O) groups is 4. The predicted octanol–water partition coefficient (Wildman–Crippen LogP) is 23.9. The van der Waals surface area contributed by atoms with Crippen LogP contribution < -0.4 is 0 Å². The summed E-state index contributed by atoms with van der Waals surface area (Å²) in [6.45, 7) is 9.62. The van der Waals surface area contributed by atoms with E-state index in [1.54, 1.807) is 0 Å². The number of phosphoric acid groups is 2. The summed E-state index contributed by atoms with van der Waals surface area (Å²) in [6.07, 6.45) is 61.2. The number of ether oxygens (including phenoxy) is 4. The van der Waals surface area contributed by atoms with Gasteiger partial charge in [-0.2, -0.15) is 0 Å². The average molecular weight is 1450 g/mol. The Morgan fingerprint density at radius 1 is 0.293 bits per heavy atom. The number of esters is 4. The molecule has 6 atom stereocenters. The van der Waals surface area contributed by atoms with E-state index in [1.165, 1.54) is 231 Å². The van der Waals surface area contributed by atoms with Crippen LogP contribution in [0.3, 0.4) is 0 Å². The Bertz CT molecular complexity index is 1910. The summed E-state index contributed by atoms with van der Waals surface area (Å²) >= 11 is 0. The molecule has 0 amide bonds. The molecular formula is C80H156O17P2. The van der Waals surface area contributed by atoms with Gasteiger partial charge in [-0.15, -0.1) is 0 Å². The first-order chi connectivity index (χ1) is 47.9. The maximum Gasteiger partial charge on any atom is 0.472 e. The van der Waals surface area contributed by atoms with Crippen molar-refractivity contribution >= 4 is 39.5 Å². The minimum atomic E-state index is -4.96. The monoisotopic (exact) mass is 1450 g/mol. The van der Waals surface area contributed by atoms with Gasteiger partial charge in [-0.1, -0.05) is 369 Å². The van der Waals surface area contributed by atoms with Crippen LogP contribution in [0.1, 0.15) is 420 Å². The van der Waals surface area contributed by atoms with Crippen LogP contribution in [0, 0.1) is 11.8 Å². The first kappa shape index (κ1) is 97.1. The Balaban J connectivity index is 5.19. The van der Waals surface area contributed by atoms with Crippen molar-refractivity contribution in [2.75, 3.05) is 39.6 Å². The summed E-state index contributed by atoms with van der Waals surface area (Å²) in [4.78, 5) is 72.9. The topological polar surface area (TPSA) is 237 Å². The van der Waals surface area contributed by atoms with Crippen LogP contribution in [-0.4, -0.2) is 96.7 Å². The van der Waals surface area contributed by atoms with Gasteiger partial charge < -0.3 is 33.8 Å².